The van der Waals surface area contributed by atoms with Crippen LogP contribution in [0.3, 0.4) is 0 Å². The van der Waals surface area contributed by atoms with Crippen LogP contribution >= 0.6 is 11.3 Å². The normalized spacial score (nSPS) is 15.3. The minimum atomic E-state index is -4.74. The Hall–Kier alpha value is -1.40. The average Bonchev–Trinajstić information content (AvgIpc) is 2.80. The summed E-state index contributed by atoms with van der Waals surface area (Å²) in [4.78, 5) is 0.534. The molecule has 0 saturated carbocycles. The first-order valence-electron chi connectivity index (χ1n) is 5.36. The van der Waals surface area contributed by atoms with Crippen LogP contribution < -0.4 is 0 Å². The summed E-state index contributed by atoms with van der Waals surface area (Å²) in [6, 6.07) is 5.80. The van der Waals surface area contributed by atoms with Crippen molar-refractivity contribution in [3.8, 4) is 0 Å². The summed E-state index contributed by atoms with van der Waals surface area (Å²) < 4.78 is 50.8. The molecule has 0 saturated heterocycles. The molecule has 0 bridgehead atoms. The van der Waals surface area contributed by atoms with Crippen LogP contribution in [-0.4, -0.2) is 5.11 Å². The van der Waals surface area contributed by atoms with Gasteiger partial charge in [-0.2, -0.15) is 13.2 Å². The van der Waals surface area contributed by atoms with Gasteiger partial charge in [0, 0.05) is 4.88 Å². The molecular formula is C13H10F4OS. The molecule has 6 heteroatoms. The summed E-state index contributed by atoms with van der Waals surface area (Å²) in [6.07, 6.45) is -4.74. The summed E-state index contributed by atoms with van der Waals surface area (Å²) in [5.41, 5.74) is -2.77. The predicted molar refractivity (Wildman–Crippen MR) is 64.4 cm³/mol. The van der Waals surface area contributed by atoms with E-state index < -0.39 is 23.2 Å². The lowest BCUT2D eigenvalue weighted by atomic mass is 9.93. The van der Waals surface area contributed by atoms with E-state index in [9.17, 15) is 22.7 Å². The predicted octanol–water partition coefficient (Wildman–Crippen LogP) is 4.16. The molecule has 1 nitrogen and oxygen atoms in total. The Morgan fingerprint density at radius 1 is 1.16 bits per heavy atom. The second kappa shape index (κ2) is 4.61. The molecule has 1 heterocycles. The average molecular weight is 290 g/mol. The third-order valence-corrected chi connectivity index (χ3v) is 3.92. The molecule has 1 unspecified atom stereocenters. The molecule has 0 aliphatic rings. The Balaban J connectivity index is 2.46. The lowest BCUT2D eigenvalue weighted by Gasteiger charge is -2.23. The number of aliphatic hydroxyl groups is 1. The summed E-state index contributed by atoms with van der Waals surface area (Å²) >= 11 is 1.25. The number of hydrogen-bond donors (Lipinski definition) is 1. The first kappa shape index (κ1) is 14.0. The van der Waals surface area contributed by atoms with E-state index in [0.29, 0.717) is 10.9 Å². The van der Waals surface area contributed by atoms with E-state index >= 15 is 0 Å². The Labute approximate surface area is 111 Å². The second-order valence-corrected chi connectivity index (χ2v) is 5.19. The third kappa shape index (κ3) is 2.64. The molecule has 0 spiro atoms. The molecule has 0 radical (unpaired) electrons. The van der Waals surface area contributed by atoms with Gasteiger partial charge in [-0.05, 0) is 36.1 Å². The van der Waals surface area contributed by atoms with Crippen LogP contribution in [0.15, 0.2) is 35.7 Å². The molecule has 19 heavy (non-hydrogen) atoms. The highest BCUT2D eigenvalue weighted by molar-refractivity contribution is 7.10. The molecule has 1 aromatic carbocycles. The van der Waals surface area contributed by atoms with E-state index in [0.717, 1.165) is 12.1 Å². The summed E-state index contributed by atoms with van der Waals surface area (Å²) in [5.74, 6) is -1.39. The highest BCUT2D eigenvalue weighted by atomic mass is 32.1. The van der Waals surface area contributed by atoms with Gasteiger partial charge in [-0.15, -0.1) is 11.3 Å². The molecule has 1 N–H and O–H groups in total. The van der Waals surface area contributed by atoms with E-state index in [1.54, 1.807) is 17.5 Å². The number of benzene rings is 1. The molecule has 2 rings (SSSR count). The van der Waals surface area contributed by atoms with Crippen LogP contribution in [0.25, 0.3) is 0 Å². The van der Waals surface area contributed by atoms with Crippen molar-refractivity contribution >= 4 is 11.3 Å². The maximum atomic E-state index is 13.5. The van der Waals surface area contributed by atoms with Crippen molar-refractivity contribution < 1.29 is 22.7 Å². The third-order valence-electron chi connectivity index (χ3n) is 2.84. The number of alkyl halides is 3. The van der Waals surface area contributed by atoms with Gasteiger partial charge >= 0.3 is 6.18 Å². The largest absolute Gasteiger partial charge is 0.419 e. The topological polar surface area (TPSA) is 20.2 Å². The lowest BCUT2D eigenvalue weighted by Crippen LogP contribution is -2.22. The zero-order valence-electron chi connectivity index (χ0n) is 9.83. The zero-order chi connectivity index (χ0) is 14.3. The number of rotatable bonds is 2. The van der Waals surface area contributed by atoms with Gasteiger partial charge in [-0.25, -0.2) is 4.39 Å². The maximum absolute atomic E-state index is 13.5. The molecule has 102 valence electrons. The molecule has 0 aliphatic carbocycles. The van der Waals surface area contributed by atoms with Crippen LogP contribution in [-0.2, 0) is 11.8 Å². The Kier molecular flexibility index (Phi) is 3.40. The van der Waals surface area contributed by atoms with Crippen molar-refractivity contribution in [2.75, 3.05) is 0 Å². The SMILES string of the molecule is CC(O)(c1ccc(C(F)(F)F)c(F)c1)c1cccs1. The molecule has 0 fully saturated rings. The zero-order valence-corrected chi connectivity index (χ0v) is 10.6. The van der Waals surface area contributed by atoms with Gasteiger partial charge in [0.2, 0.25) is 0 Å². The van der Waals surface area contributed by atoms with Crippen LogP contribution in [0, 0.1) is 5.82 Å². The first-order valence-corrected chi connectivity index (χ1v) is 6.24. The number of thiophene rings is 1. The van der Waals surface area contributed by atoms with Gasteiger partial charge in [0.05, 0.1) is 5.56 Å². The van der Waals surface area contributed by atoms with Crippen molar-refractivity contribution in [2.45, 2.75) is 18.7 Å². The maximum Gasteiger partial charge on any atom is 0.419 e. The highest BCUT2D eigenvalue weighted by Gasteiger charge is 2.35. The van der Waals surface area contributed by atoms with Crippen molar-refractivity contribution in [1.82, 2.24) is 0 Å². The van der Waals surface area contributed by atoms with Gasteiger partial charge < -0.3 is 5.11 Å². The van der Waals surface area contributed by atoms with Gasteiger partial charge in [-0.1, -0.05) is 12.1 Å². The number of halogens is 4. The summed E-state index contributed by atoms with van der Waals surface area (Å²) in [7, 11) is 0. The van der Waals surface area contributed by atoms with Crippen LogP contribution in [0.4, 0.5) is 17.6 Å². The van der Waals surface area contributed by atoms with Crippen LogP contribution in [0.5, 0.6) is 0 Å². The molecular weight excluding hydrogens is 280 g/mol. The van der Waals surface area contributed by atoms with Crippen LogP contribution in [0.1, 0.15) is 22.9 Å². The fourth-order valence-corrected chi connectivity index (χ4v) is 2.55. The fourth-order valence-electron chi connectivity index (χ4n) is 1.75. The Bertz CT molecular complexity index is 573. The monoisotopic (exact) mass is 290 g/mol. The highest BCUT2D eigenvalue weighted by Crippen LogP contribution is 2.36. The Morgan fingerprint density at radius 3 is 2.32 bits per heavy atom. The first-order chi connectivity index (χ1) is 8.73. The van der Waals surface area contributed by atoms with Crippen molar-refractivity contribution in [2.24, 2.45) is 0 Å². The standard InChI is InChI=1S/C13H10F4OS/c1-12(18,11-3-2-6-19-11)8-4-5-9(10(14)7-8)13(15,16)17/h2-7,18H,1H3. The van der Waals surface area contributed by atoms with Gasteiger partial charge in [0.1, 0.15) is 11.4 Å². The molecule has 1 atom stereocenters. The lowest BCUT2D eigenvalue weighted by molar-refractivity contribution is -0.140. The van der Waals surface area contributed by atoms with E-state index in [1.165, 1.54) is 18.3 Å². The number of hydrogen-bond acceptors (Lipinski definition) is 2. The quantitative estimate of drug-likeness (QED) is 0.823. The van der Waals surface area contributed by atoms with E-state index in [4.69, 9.17) is 0 Å². The fraction of sp³-hybridized carbons (Fsp3) is 0.231. The van der Waals surface area contributed by atoms with Crippen molar-refractivity contribution in [3.63, 3.8) is 0 Å². The van der Waals surface area contributed by atoms with Gasteiger partial charge in [0.15, 0.2) is 0 Å². The molecule has 1 aromatic heterocycles. The summed E-state index contributed by atoms with van der Waals surface area (Å²) in [6.45, 7) is 1.42. The van der Waals surface area contributed by atoms with Gasteiger partial charge in [-0.3, -0.25) is 0 Å². The smallest absolute Gasteiger partial charge is 0.380 e. The Morgan fingerprint density at radius 2 is 1.84 bits per heavy atom. The molecule has 2 aromatic rings. The molecule has 0 aliphatic heterocycles. The molecule has 0 amide bonds. The summed E-state index contributed by atoms with van der Waals surface area (Å²) in [5, 5.41) is 12.1. The van der Waals surface area contributed by atoms with Crippen molar-refractivity contribution in [1.29, 1.82) is 0 Å². The van der Waals surface area contributed by atoms with E-state index in [2.05, 4.69) is 0 Å². The van der Waals surface area contributed by atoms with Crippen LogP contribution in [0.2, 0.25) is 0 Å². The minimum Gasteiger partial charge on any atom is -0.380 e. The second-order valence-electron chi connectivity index (χ2n) is 4.24. The van der Waals surface area contributed by atoms with Gasteiger partial charge in [0.25, 0.3) is 0 Å². The van der Waals surface area contributed by atoms with Crippen molar-refractivity contribution in [3.05, 3.63) is 57.5 Å². The minimum absolute atomic E-state index is 0.0838. The van der Waals surface area contributed by atoms with E-state index in [1.807, 2.05) is 0 Å². The van der Waals surface area contributed by atoms with E-state index in [-0.39, 0.29) is 5.56 Å².